The SMILES string of the molecule is Cc1ccc(Oc2ccnc3cc(Br)cnc23)cn1. The second kappa shape index (κ2) is 4.93. The van der Waals surface area contributed by atoms with Crippen molar-refractivity contribution in [2.45, 2.75) is 6.92 Å². The topological polar surface area (TPSA) is 47.9 Å². The maximum absolute atomic E-state index is 5.81. The second-order valence-electron chi connectivity index (χ2n) is 4.07. The Morgan fingerprint density at radius 1 is 1.05 bits per heavy atom. The van der Waals surface area contributed by atoms with Crippen molar-refractivity contribution in [1.82, 2.24) is 15.0 Å². The molecular formula is C14H10BrN3O. The summed E-state index contributed by atoms with van der Waals surface area (Å²) in [6.45, 7) is 1.94. The van der Waals surface area contributed by atoms with Crippen molar-refractivity contribution in [2.75, 3.05) is 0 Å². The first-order valence-electron chi connectivity index (χ1n) is 5.73. The molecule has 0 aromatic carbocycles. The molecule has 0 saturated carbocycles. The summed E-state index contributed by atoms with van der Waals surface area (Å²) in [6.07, 6.45) is 5.12. The summed E-state index contributed by atoms with van der Waals surface area (Å²) in [5.41, 5.74) is 2.47. The molecule has 3 aromatic rings. The van der Waals surface area contributed by atoms with Gasteiger partial charge in [-0.15, -0.1) is 0 Å². The monoisotopic (exact) mass is 315 g/mol. The molecule has 0 bridgehead atoms. The summed E-state index contributed by atoms with van der Waals surface area (Å²) in [6, 6.07) is 7.49. The lowest BCUT2D eigenvalue weighted by Gasteiger charge is -2.07. The van der Waals surface area contributed by atoms with E-state index in [1.807, 2.05) is 25.1 Å². The molecule has 3 rings (SSSR count). The molecule has 4 nitrogen and oxygen atoms in total. The van der Waals surface area contributed by atoms with Gasteiger partial charge in [0, 0.05) is 28.6 Å². The van der Waals surface area contributed by atoms with E-state index in [1.54, 1.807) is 24.7 Å². The number of hydrogen-bond acceptors (Lipinski definition) is 4. The quantitative estimate of drug-likeness (QED) is 0.720. The summed E-state index contributed by atoms with van der Waals surface area (Å²) < 4.78 is 6.70. The van der Waals surface area contributed by atoms with Gasteiger partial charge in [-0.25, -0.2) is 4.98 Å². The van der Waals surface area contributed by atoms with Crippen LogP contribution in [0.3, 0.4) is 0 Å². The van der Waals surface area contributed by atoms with Crippen LogP contribution in [0.1, 0.15) is 5.69 Å². The zero-order valence-electron chi connectivity index (χ0n) is 10.2. The third kappa shape index (κ3) is 2.56. The van der Waals surface area contributed by atoms with Gasteiger partial charge < -0.3 is 4.74 Å². The van der Waals surface area contributed by atoms with E-state index in [0.717, 1.165) is 21.2 Å². The molecule has 19 heavy (non-hydrogen) atoms. The van der Waals surface area contributed by atoms with Crippen LogP contribution in [0.25, 0.3) is 11.0 Å². The molecule has 0 atom stereocenters. The Balaban J connectivity index is 2.03. The van der Waals surface area contributed by atoms with Crippen LogP contribution >= 0.6 is 15.9 Å². The minimum absolute atomic E-state index is 0.670. The number of aromatic nitrogens is 3. The fraction of sp³-hybridized carbons (Fsp3) is 0.0714. The number of nitrogens with zero attached hydrogens (tertiary/aromatic N) is 3. The second-order valence-corrected chi connectivity index (χ2v) is 4.98. The fourth-order valence-corrected chi connectivity index (χ4v) is 2.02. The highest BCUT2D eigenvalue weighted by Gasteiger charge is 2.06. The molecule has 0 unspecified atom stereocenters. The van der Waals surface area contributed by atoms with Crippen LogP contribution in [0.4, 0.5) is 0 Å². The van der Waals surface area contributed by atoms with E-state index in [0.29, 0.717) is 11.5 Å². The van der Waals surface area contributed by atoms with E-state index >= 15 is 0 Å². The number of rotatable bonds is 2. The molecule has 0 aliphatic heterocycles. The fourth-order valence-electron chi connectivity index (χ4n) is 1.70. The Bertz CT molecular complexity index is 728. The smallest absolute Gasteiger partial charge is 0.156 e. The van der Waals surface area contributed by atoms with Gasteiger partial charge in [-0.05, 0) is 41.1 Å². The summed E-state index contributed by atoms with van der Waals surface area (Å²) in [5, 5.41) is 0. The van der Waals surface area contributed by atoms with Gasteiger partial charge >= 0.3 is 0 Å². The van der Waals surface area contributed by atoms with Gasteiger partial charge in [-0.2, -0.15) is 0 Å². The van der Waals surface area contributed by atoms with Crippen molar-refractivity contribution in [3.8, 4) is 11.5 Å². The highest BCUT2D eigenvalue weighted by molar-refractivity contribution is 9.10. The summed E-state index contributed by atoms with van der Waals surface area (Å²) in [7, 11) is 0. The van der Waals surface area contributed by atoms with E-state index in [1.165, 1.54) is 0 Å². The number of aryl methyl sites for hydroxylation is 1. The van der Waals surface area contributed by atoms with Gasteiger partial charge in [0.1, 0.15) is 11.3 Å². The Hall–Kier alpha value is -2.01. The molecule has 0 N–H and O–H groups in total. The van der Waals surface area contributed by atoms with Crippen LogP contribution in [0.5, 0.6) is 11.5 Å². The molecule has 0 saturated heterocycles. The number of ether oxygens (including phenoxy) is 1. The predicted octanol–water partition coefficient (Wildman–Crippen LogP) is 3.89. The van der Waals surface area contributed by atoms with Gasteiger partial charge in [0.2, 0.25) is 0 Å². The first-order valence-corrected chi connectivity index (χ1v) is 6.52. The molecule has 0 amide bonds. The van der Waals surface area contributed by atoms with Crippen molar-refractivity contribution in [2.24, 2.45) is 0 Å². The average molecular weight is 316 g/mol. The maximum Gasteiger partial charge on any atom is 0.156 e. The lowest BCUT2D eigenvalue weighted by molar-refractivity contribution is 0.484. The molecule has 0 spiro atoms. The van der Waals surface area contributed by atoms with Crippen LogP contribution in [0, 0.1) is 6.92 Å². The van der Waals surface area contributed by atoms with Gasteiger partial charge in [0.15, 0.2) is 5.75 Å². The molecule has 3 heterocycles. The summed E-state index contributed by atoms with van der Waals surface area (Å²) in [5.74, 6) is 1.35. The Labute approximate surface area is 118 Å². The third-order valence-electron chi connectivity index (χ3n) is 2.62. The highest BCUT2D eigenvalue weighted by Crippen LogP contribution is 2.28. The molecular weight excluding hydrogens is 306 g/mol. The van der Waals surface area contributed by atoms with Crippen LogP contribution in [0.15, 0.2) is 47.3 Å². The zero-order chi connectivity index (χ0) is 13.2. The Morgan fingerprint density at radius 3 is 2.74 bits per heavy atom. The molecule has 94 valence electrons. The van der Waals surface area contributed by atoms with E-state index in [2.05, 4.69) is 30.9 Å². The van der Waals surface area contributed by atoms with Crippen LogP contribution in [0.2, 0.25) is 0 Å². The van der Waals surface area contributed by atoms with E-state index in [-0.39, 0.29) is 0 Å². The average Bonchev–Trinajstić information content (AvgIpc) is 2.41. The Kier molecular flexibility index (Phi) is 3.13. The van der Waals surface area contributed by atoms with E-state index in [9.17, 15) is 0 Å². The Morgan fingerprint density at radius 2 is 1.95 bits per heavy atom. The normalized spacial score (nSPS) is 10.6. The van der Waals surface area contributed by atoms with Crippen LogP contribution in [-0.2, 0) is 0 Å². The standard InChI is InChI=1S/C14H10BrN3O/c1-9-2-3-11(8-17-9)19-13-4-5-16-12-6-10(15)7-18-14(12)13/h2-8H,1H3. The predicted molar refractivity (Wildman–Crippen MR) is 76.3 cm³/mol. The number of halogens is 1. The largest absolute Gasteiger partial charge is 0.453 e. The molecule has 5 heteroatoms. The molecule has 0 fully saturated rings. The van der Waals surface area contributed by atoms with E-state index in [4.69, 9.17) is 4.74 Å². The van der Waals surface area contributed by atoms with Crippen molar-refractivity contribution >= 4 is 27.0 Å². The molecule has 3 aromatic heterocycles. The van der Waals surface area contributed by atoms with Crippen molar-refractivity contribution in [1.29, 1.82) is 0 Å². The van der Waals surface area contributed by atoms with Crippen molar-refractivity contribution < 1.29 is 4.74 Å². The molecule has 0 aliphatic carbocycles. The van der Waals surface area contributed by atoms with Crippen LogP contribution < -0.4 is 4.74 Å². The molecule has 0 radical (unpaired) electrons. The third-order valence-corrected chi connectivity index (χ3v) is 3.05. The minimum Gasteiger partial charge on any atom is -0.453 e. The summed E-state index contributed by atoms with van der Waals surface area (Å²) in [4.78, 5) is 12.8. The maximum atomic E-state index is 5.81. The lowest BCUT2D eigenvalue weighted by atomic mass is 10.3. The van der Waals surface area contributed by atoms with Crippen LogP contribution in [-0.4, -0.2) is 15.0 Å². The first kappa shape index (κ1) is 12.0. The van der Waals surface area contributed by atoms with Crippen molar-refractivity contribution in [3.63, 3.8) is 0 Å². The zero-order valence-corrected chi connectivity index (χ0v) is 11.8. The van der Waals surface area contributed by atoms with Gasteiger partial charge in [-0.3, -0.25) is 9.97 Å². The minimum atomic E-state index is 0.670. The lowest BCUT2D eigenvalue weighted by Crippen LogP contribution is -1.91. The number of pyridine rings is 3. The van der Waals surface area contributed by atoms with Gasteiger partial charge in [0.05, 0.1) is 11.7 Å². The number of hydrogen-bond donors (Lipinski definition) is 0. The van der Waals surface area contributed by atoms with Gasteiger partial charge in [0.25, 0.3) is 0 Å². The van der Waals surface area contributed by atoms with Crippen molar-refractivity contribution in [3.05, 3.63) is 53.0 Å². The molecule has 0 aliphatic rings. The van der Waals surface area contributed by atoms with Gasteiger partial charge in [-0.1, -0.05) is 0 Å². The highest BCUT2D eigenvalue weighted by atomic mass is 79.9. The van der Waals surface area contributed by atoms with E-state index < -0.39 is 0 Å². The number of fused-ring (bicyclic) bond motifs is 1. The first-order chi connectivity index (χ1) is 9.22. The summed E-state index contributed by atoms with van der Waals surface area (Å²) >= 11 is 3.38.